The molecule has 1 aliphatic heterocycles. The molecule has 1 aliphatic rings. The Morgan fingerprint density at radius 1 is 1.45 bits per heavy atom. The van der Waals surface area contributed by atoms with Gasteiger partial charge < -0.3 is 15.4 Å². The van der Waals surface area contributed by atoms with Crippen LogP contribution in [-0.4, -0.2) is 31.7 Å². The summed E-state index contributed by atoms with van der Waals surface area (Å²) < 4.78 is 5.29. The topological polar surface area (TPSA) is 50.4 Å². The maximum Gasteiger partial charge on any atom is 0.234 e. The molecule has 0 saturated carbocycles. The standard InChI is InChI=1S/C15H24N2O2S/c1-11(2)15(13-4-3-9-20-13)16-10-14(18)17-12-5-7-19-8-6-12/h3-4,9,11-12,15-16H,5-8,10H2,1-2H3,(H,17,18). The van der Waals surface area contributed by atoms with Crippen molar-refractivity contribution in [3.63, 3.8) is 0 Å². The minimum absolute atomic E-state index is 0.0825. The fraction of sp³-hybridized carbons (Fsp3) is 0.667. The second-order valence-corrected chi connectivity index (χ2v) is 6.55. The van der Waals surface area contributed by atoms with Gasteiger partial charge in [0.1, 0.15) is 0 Å². The Morgan fingerprint density at radius 3 is 2.80 bits per heavy atom. The lowest BCUT2D eigenvalue weighted by Crippen LogP contribution is -2.44. The molecule has 0 spiro atoms. The highest BCUT2D eigenvalue weighted by Crippen LogP contribution is 2.25. The Hall–Kier alpha value is -0.910. The van der Waals surface area contributed by atoms with Gasteiger partial charge in [-0.3, -0.25) is 4.79 Å². The molecule has 112 valence electrons. The van der Waals surface area contributed by atoms with Crippen LogP contribution in [0.15, 0.2) is 17.5 Å². The molecule has 0 radical (unpaired) electrons. The van der Waals surface area contributed by atoms with E-state index in [-0.39, 0.29) is 18.0 Å². The van der Waals surface area contributed by atoms with Gasteiger partial charge in [-0.1, -0.05) is 19.9 Å². The molecule has 1 atom stereocenters. The van der Waals surface area contributed by atoms with E-state index in [2.05, 4.69) is 42.0 Å². The first kappa shape index (κ1) is 15.5. The Morgan fingerprint density at radius 2 is 2.20 bits per heavy atom. The number of thiophene rings is 1. The first-order valence-electron chi connectivity index (χ1n) is 7.30. The van der Waals surface area contributed by atoms with Gasteiger partial charge >= 0.3 is 0 Å². The van der Waals surface area contributed by atoms with E-state index in [1.54, 1.807) is 11.3 Å². The number of carbonyl (C=O) groups excluding carboxylic acids is 1. The molecule has 0 bridgehead atoms. The van der Waals surface area contributed by atoms with Crippen LogP contribution >= 0.6 is 11.3 Å². The smallest absolute Gasteiger partial charge is 0.234 e. The molecule has 5 heteroatoms. The molecule has 2 rings (SSSR count). The Bertz CT molecular complexity index is 400. The van der Waals surface area contributed by atoms with Crippen molar-refractivity contribution in [3.05, 3.63) is 22.4 Å². The molecule has 1 aromatic rings. The van der Waals surface area contributed by atoms with E-state index in [0.29, 0.717) is 12.5 Å². The van der Waals surface area contributed by atoms with Crippen molar-refractivity contribution in [2.75, 3.05) is 19.8 Å². The van der Waals surface area contributed by atoms with Gasteiger partial charge in [0.25, 0.3) is 0 Å². The molecule has 1 saturated heterocycles. The quantitative estimate of drug-likeness (QED) is 0.847. The van der Waals surface area contributed by atoms with Gasteiger partial charge in [0.05, 0.1) is 6.54 Å². The number of amides is 1. The molecule has 1 fully saturated rings. The van der Waals surface area contributed by atoms with Crippen LogP contribution in [0.5, 0.6) is 0 Å². The van der Waals surface area contributed by atoms with Gasteiger partial charge in [0.2, 0.25) is 5.91 Å². The van der Waals surface area contributed by atoms with Gasteiger partial charge in [0, 0.05) is 30.2 Å². The fourth-order valence-corrected chi connectivity index (χ4v) is 3.43. The van der Waals surface area contributed by atoms with Crippen molar-refractivity contribution in [2.24, 2.45) is 5.92 Å². The molecule has 1 amide bonds. The molecular weight excluding hydrogens is 272 g/mol. The molecule has 1 aromatic heterocycles. The van der Waals surface area contributed by atoms with Gasteiger partial charge in [-0.2, -0.15) is 0 Å². The first-order valence-corrected chi connectivity index (χ1v) is 8.18. The van der Waals surface area contributed by atoms with Crippen LogP contribution in [0.25, 0.3) is 0 Å². The summed E-state index contributed by atoms with van der Waals surface area (Å²) in [6.45, 7) is 6.23. The van der Waals surface area contributed by atoms with Crippen LogP contribution < -0.4 is 10.6 Å². The van der Waals surface area contributed by atoms with Gasteiger partial charge in [-0.25, -0.2) is 0 Å². The molecule has 2 heterocycles. The minimum Gasteiger partial charge on any atom is -0.381 e. The fourth-order valence-electron chi connectivity index (χ4n) is 2.46. The predicted octanol–water partition coefficient (Wildman–Crippen LogP) is 2.33. The SMILES string of the molecule is CC(C)C(NCC(=O)NC1CCOCC1)c1cccs1. The van der Waals surface area contributed by atoms with Crippen molar-refractivity contribution in [1.82, 2.24) is 10.6 Å². The van der Waals surface area contributed by atoms with Crippen molar-refractivity contribution < 1.29 is 9.53 Å². The van der Waals surface area contributed by atoms with Crippen molar-refractivity contribution in [2.45, 2.75) is 38.8 Å². The second-order valence-electron chi connectivity index (χ2n) is 5.57. The van der Waals surface area contributed by atoms with E-state index >= 15 is 0 Å². The van der Waals surface area contributed by atoms with Crippen molar-refractivity contribution in [1.29, 1.82) is 0 Å². The third-order valence-corrected chi connectivity index (χ3v) is 4.54. The Kier molecular flexibility index (Phi) is 6.01. The van der Waals surface area contributed by atoms with E-state index in [1.165, 1.54) is 4.88 Å². The van der Waals surface area contributed by atoms with Crippen molar-refractivity contribution in [3.8, 4) is 0 Å². The Labute approximate surface area is 124 Å². The predicted molar refractivity (Wildman–Crippen MR) is 81.9 cm³/mol. The summed E-state index contributed by atoms with van der Waals surface area (Å²) in [6.07, 6.45) is 1.84. The molecule has 1 unspecified atom stereocenters. The number of carbonyl (C=O) groups is 1. The zero-order valence-corrected chi connectivity index (χ0v) is 13.0. The average Bonchev–Trinajstić information content (AvgIpc) is 2.93. The summed E-state index contributed by atoms with van der Waals surface area (Å²) >= 11 is 1.74. The second kappa shape index (κ2) is 7.76. The third kappa shape index (κ3) is 4.58. The van der Waals surface area contributed by atoms with E-state index in [0.717, 1.165) is 26.1 Å². The highest BCUT2D eigenvalue weighted by atomic mass is 32.1. The van der Waals surface area contributed by atoms with Crippen LogP contribution in [0.2, 0.25) is 0 Å². The van der Waals surface area contributed by atoms with Gasteiger partial charge in [-0.15, -0.1) is 11.3 Å². The normalized spacial score (nSPS) is 18.1. The van der Waals surface area contributed by atoms with E-state index in [1.807, 2.05) is 0 Å². The van der Waals surface area contributed by atoms with Gasteiger partial charge in [0.15, 0.2) is 0 Å². The van der Waals surface area contributed by atoms with Crippen LogP contribution in [0.3, 0.4) is 0 Å². The number of nitrogens with one attached hydrogen (secondary N) is 2. The monoisotopic (exact) mass is 296 g/mol. The number of rotatable bonds is 6. The summed E-state index contributed by atoms with van der Waals surface area (Å²) in [5.41, 5.74) is 0. The molecule has 20 heavy (non-hydrogen) atoms. The summed E-state index contributed by atoms with van der Waals surface area (Å²) in [5.74, 6) is 0.545. The van der Waals surface area contributed by atoms with Crippen molar-refractivity contribution >= 4 is 17.2 Å². The lowest BCUT2D eigenvalue weighted by molar-refractivity contribution is -0.121. The lowest BCUT2D eigenvalue weighted by Gasteiger charge is -2.25. The summed E-state index contributed by atoms with van der Waals surface area (Å²) in [4.78, 5) is 13.3. The number of hydrogen-bond acceptors (Lipinski definition) is 4. The Balaban J connectivity index is 1.78. The van der Waals surface area contributed by atoms with Crippen LogP contribution in [-0.2, 0) is 9.53 Å². The lowest BCUT2D eigenvalue weighted by atomic mass is 10.0. The molecular formula is C15H24N2O2S. The molecule has 4 nitrogen and oxygen atoms in total. The number of ether oxygens (including phenoxy) is 1. The molecule has 0 aliphatic carbocycles. The zero-order chi connectivity index (χ0) is 14.4. The van der Waals surface area contributed by atoms with E-state index < -0.39 is 0 Å². The zero-order valence-electron chi connectivity index (χ0n) is 12.2. The van der Waals surface area contributed by atoms with Crippen LogP contribution in [0.1, 0.15) is 37.6 Å². The molecule has 0 aromatic carbocycles. The first-order chi connectivity index (χ1) is 9.66. The summed E-state index contributed by atoms with van der Waals surface area (Å²) in [5, 5.41) is 8.54. The highest BCUT2D eigenvalue weighted by Gasteiger charge is 2.19. The maximum atomic E-state index is 12.0. The average molecular weight is 296 g/mol. The van der Waals surface area contributed by atoms with Gasteiger partial charge in [-0.05, 0) is 30.2 Å². The summed E-state index contributed by atoms with van der Waals surface area (Å²) in [7, 11) is 0. The van der Waals surface area contributed by atoms with E-state index in [4.69, 9.17) is 4.74 Å². The highest BCUT2D eigenvalue weighted by molar-refractivity contribution is 7.10. The number of hydrogen-bond donors (Lipinski definition) is 2. The largest absolute Gasteiger partial charge is 0.381 e. The van der Waals surface area contributed by atoms with Crippen LogP contribution in [0.4, 0.5) is 0 Å². The minimum atomic E-state index is 0.0825. The summed E-state index contributed by atoms with van der Waals surface area (Å²) in [6, 6.07) is 4.70. The maximum absolute atomic E-state index is 12.0. The third-order valence-electron chi connectivity index (χ3n) is 3.59. The van der Waals surface area contributed by atoms with E-state index in [9.17, 15) is 4.79 Å². The van der Waals surface area contributed by atoms with Crippen LogP contribution in [0, 0.1) is 5.92 Å². The molecule has 2 N–H and O–H groups in total.